The average molecular weight is 368 g/mol. The van der Waals surface area contributed by atoms with Crippen LogP contribution in [0.5, 0.6) is 5.75 Å². The summed E-state index contributed by atoms with van der Waals surface area (Å²) in [6.45, 7) is 4.88. The third-order valence-corrected chi connectivity index (χ3v) is 5.55. The predicted octanol–water partition coefficient (Wildman–Crippen LogP) is 3.60. The number of halogens is 1. The van der Waals surface area contributed by atoms with Crippen LogP contribution < -0.4 is 4.74 Å². The second-order valence-electron chi connectivity index (χ2n) is 7.67. The molecule has 5 heteroatoms. The maximum atomic E-state index is 14.1. The first-order chi connectivity index (χ1) is 13.0. The Morgan fingerprint density at radius 3 is 2.74 bits per heavy atom. The summed E-state index contributed by atoms with van der Waals surface area (Å²) in [6.07, 6.45) is 1.85. The van der Waals surface area contributed by atoms with Gasteiger partial charge in [-0.25, -0.2) is 4.39 Å². The first kappa shape index (κ1) is 18.0. The van der Waals surface area contributed by atoms with E-state index in [2.05, 4.69) is 4.90 Å². The fourth-order valence-electron chi connectivity index (χ4n) is 4.24. The molecule has 2 aliphatic heterocycles. The quantitative estimate of drug-likeness (QED) is 0.812. The van der Waals surface area contributed by atoms with E-state index < -0.39 is 5.60 Å². The maximum absolute atomic E-state index is 14.1. The molecule has 2 aromatic carbocycles. The SMILES string of the molecule is CC(=O)N1Cc2ccccc2O[C@@]2(CCCN(Cc3ccccc3F)C2)C1. The standard InChI is InChI=1S/C22H25FN2O2/c1-17(26)25-14-19-8-3-5-10-21(19)27-22(16-25)11-6-12-24(15-22)13-18-7-2-4-9-20(18)23/h2-5,7-10H,6,11-16H2,1H3/t22-/m1/s1. The Labute approximate surface area is 159 Å². The molecule has 1 atom stereocenters. The molecule has 27 heavy (non-hydrogen) atoms. The molecule has 1 amide bonds. The summed E-state index contributed by atoms with van der Waals surface area (Å²) in [6, 6.07) is 14.9. The molecule has 1 spiro atoms. The van der Waals surface area contributed by atoms with Gasteiger partial charge in [0, 0.05) is 37.7 Å². The smallest absolute Gasteiger partial charge is 0.219 e. The zero-order chi connectivity index (χ0) is 18.9. The molecule has 4 rings (SSSR count). The van der Waals surface area contributed by atoms with E-state index in [9.17, 15) is 9.18 Å². The number of rotatable bonds is 2. The molecule has 0 saturated carbocycles. The Kier molecular flexibility index (Phi) is 4.87. The van der Waals surface area contributed by atoms with Crippen LogP contribution in [0.25, 0.3) is 0 Å². The Hall–Kier alpha value is -2.40. The molecule has 2 aliphatic rings. The van der Waals surface area contributed by atoms with Crippen LogP contribution in [0, 0.1) is 5.82 Å². The highest BCUT2D eigenvalue weighted by atomic mass is 19.1. The number of hydrogen-bond acceptors (Lipinski definition) is 3. The van der Waals surface area contributed by atoms with E-state index in [4.69, 9.17) is 4.74 Å². The number of carbonyl (C=O) groups is 1. The van der Waals surface area contributed by atoms with Gasteiger partial charge in [0.2, 0.25) is 5.91 Å². The second-order valence-corrected chi connectivity index (χ2v) is 7.67. The monoisotopic (exact) mass is 368 g/mol. The molecule has 142 valence electrons. The Morgan fingerprint density at radius 2 is 1.93 bits per heavy atom. The van der Waals surface area contributed by atoms with Crippen LogP contribution in [0.2, 0.25) is 0 Å². The molecule has 0 N–H and O–H groups in total. The maximum Gasteiger partial charge on any atom is 0.219 e. The zero-order valence-electron chi connectivity index (χ0n) is 15.7. The van der Waals surface area contributed by atoms with Crippen molar-refractivity contribution in [1.82, 2.24) is 9.80 Å². The number of piperidine rings is 1. The molecule has 0 aliphatic carbocycles. The van der Waals surface area contributed by atoms with Crippen molar-refractivity contribution >= 4 is 5.91 Å². The second kappa shape index (κ2) is 7.31. The Morgan fingerprint density at radius 1 is 1.15 bits per heavy atom. The molecule has 1 saturated heterocycles. The van der Waals surface area contributed by atoms with Gasteiger partial charge in [0.15, 0.2) is 0 Å². The van der Waals surface area contributed by atoms with Crippen molar-refractivity contribution in [2.45, 2.75) is 38.5 Å². The first-order valence-corrected chi connectivity index (χ1v) is 9.53. The highest BCUT2D eigenvalue weighted by Crippen LogP contribution is 2.35. The number of hydrogen-bond donors (Lipinski definition) is 0. The number of benzene rings is 2. The van der Waals surface area contributed by atoms with Crippen LogP contribution in [-0.2, 0) is 17.9 Å². The predicted molar refractivity (Wildman–Crippen MR) is 102 cm³/mol. The number of likely N-dealkylation sites (tertiary alicyclic amines) is 1. The molecule has 0 aromatic heterocycles. The van der Waals surface area contributed by atoms with E-state index in [0.717, 1.165) is 30.7 Å². The summed E-state index contributed by atoms with van der Waals surface area (Å²) in [7, 11) is 0. The number of amides is 1. The van der Waals surface area contributed by atoms with E-state index >= 15 is 0 Å². The van der Waals surface area contributed by atoms with E-state index in [1.807, 2.05) is 41.3 Å². The number of fused-ring (bicyclic) bond motifs is 1. The van der Waals surface area contributed by atoms with Crippen LogP contribution in [0.4, 0.5) is 4.39 Å². The molecule has 2 aromatic rings. The van der Waals surface area contributed by atoms with Gasteiger partial charge in [0.25, 0.3) is 0 Å². The van der Waals surface area contributed by atoms with Crippen LogP contribution >= 0.6 is 0 Å². The summed E-state index contributed by atoms with van der Waals surface area (Å²) in [5, 5.41) is 0. The number of ether oxygens (including phenoxy) is 1. The molecule has 0 bridgehead atoms. The average Bonchev–Trinajstić information content (AvgIpc) is 2.80. The zero-order valence-corrected chi connectivity index (χ0v) is 15.7. The normalized spacial score (nSPS) is 22.8. The van der Waals surface area contributed by atoms with Gasteiger partial charge in [0.1, 0.15) is 17.2 Å². The molecule has 0 radical (unpaired) electrons. The fourth-order valence-corrected chi connectivity index (χ4v) is 4.24. The lowest BCUT2D eigenvalue weighted by Gasteiger charge is -2.43. The van der Waals surface area contributed by atoms with Crippen molar-refractivity contribution in [3.63, 3.8) is 0 Å². The van der Waals surface area contributed by atoms with Crippen LogP contribution in [0.1, 0.15) is 30.9 Å². The minimum atomic E-state index is -0.457. The Balaban J connectivity index is 1.60. The van der Waals surface area contributed by atoms with Gasteiger partial charge in [-0.2, -0.15) is 0 Å². The number of nitrogens with zero attached hydrogens (tertiary/aromatic N) is 2. The van der Waals surface area contributed by atoms with Crippen molar-refractivity contribution in [3.05, 3.63) is 65.5 Å². The number of carbonyl (C=O) groups excluding carboxylic acids is 1. The van der Waals surface area contributed by atoms with E-state index in [1.165, 1.54) is 6.07 Å². The summed E-state index contributed by atoms with van der Waals surface area (Å²) in [4.78, 5) is 16.3. The van der Waals surface area contributed by atoms with Crippen LogP contribution in [0.15, 0.2) is 48.5 Å². The third-order valence-electron chi connectivity index (χ3n) is 5.55. The van der Waals surface area contributed by atoms with Crippen molar-refractivity contribution in [1.29, 1.82) is 0 Å². The van der Waals surface area contributed by atoms with Crippen LogP contribution in [-0.4, -0.2) is 40.9 Å². The number of para-hydroxylation sites is 1. The minimum absolute atomic E-state index is 0.0564. The lowest BCUT2D eigenvalue weighted by atomic mass is 9.91. The molecule has 0 unspecified atom stereocenters. The van der Waals surface area contributed by atoms with Crippen molar-refractivity contribution in [2.24, 2.45) is 0 Å². The first-order valence-electron chi connectivity index (χ1n) is 9.53. The largest absolute Gasteiger partial charge is 0.484 e. The summed E-state index contributed by atoms with van der Waals surface area (Å²) in [5.74, 6) is 0.740. The van der Waals surface area contributed by atoms with Gasteiger partial charge in [-0.3, -0.25) is 9.69 Å². The summed E-state index contributed by atoms with van der Waals surface area (Å²) >= 11 is 0. The molecule has 4 nitrogen and oxygen atoms in total. The highest BCUT2D eigenvalue weighted by Gasteiger charge is 2.42. The topological polar surface area (TPSA) is 32.8 Å². The third kappa shape index (κ3) is 3.83. The van der Waals surface area contributed by atoms with E-state index in [0.29, 0.717) is 31.7 Å². The van der Waals surface area contributed by atoms with Gasteiger partial charge in [0.05, 0.1) is 6.54 Å². The van der Waals surface area contributed by atoms with Gasteiger partial charge in [-0.1, -0.05) is 36.4 Å². The lowest BCUT2D eigenvalue weighted by Crippen LogP contribution is -2.57. The van der Waals surface area contributed by atoms with Gasteiger partial charge in [-0.15, -0.1) is 0 Å². The van der Waals surface area contributed by atoms with Crippen molar-refractivity contribution < 1.29 is 13.9 Å². The van der Waals surface area contributed by atoms with Gasteiger partial charge >= 0.3 is 0 Å². The molecular formula is C22H25FN2O2. The Bertz CT molecular complexity index is 841. The van der Waals surface area contributed by atoms with Gasteiger partial charge < -0.3 is 9.64 Å². The molecule has 1 fully saturated rings. The van der Waals surface area contributed by atoms with E-state index in [-0.39, 0.29) is 11.7 Å². The van der Waals surface area contributed by atoms with E-state index in [1.54, 1.807) is 13.0 Å². The summed E-state index contributed by atoms with van der Waals surface area (Å²) in [5.41, 5.74) is 1.28. The molecular weight excluding hydrogens is 343 g/mol. The van der Waals surface area contributed by atoms with Crippen molar-refractivity contribution in [3.8, 4) is 5.75 Å². The molecule has 2 heterocycles. The highest BCUT2D eigenvalue weighted by molar-refractivity contribution is 5.73. The fraction of sp³-hybridized carbons (Fsp3) is 0.409. The summed E-state index contributed by atoms with van der Waals surface area (Å²) < 4.78 is 20.6. The minimum Gasteiger partial charge on any atom is -0.484 e. The lowest BCUT2D eigenvalue weighted by molar-refractivity contribution is -0.133. The van der Waals surface area contributed by atoms with Gasteiger partial charge in [-0.05, 0) is 31.5 Å². The van der Waals surface area contributed by atoms with Crippen molar-refractivity contribution in [2.75, 3.05) is 19.6 Å². The van der Waals surface area contributed by atoms with Crippen LogP contribution in [0.3, 0.4) is 0 Å².